The fourth-order valence-corrected chi connectivity index (χ4v) is 1.89. The Balaban J connectivity index is 2.12. The fourth-order valence-electron chi connectivity index (χ4n) is 1.89. The molecule has 1 heterocycles. The SMILES string of the molecule is COc1cc(CCc2ccc(O)c(OC)c2)oc(=O)c1. The average Bonchev–Trinajstić information content (AvgIpc) is 2.45. The maximum atomic E-state index is 11.3. The minimum Gasteiger partial charge on any atom is -0.504 e. The topological polar surface area (TPSA) is 68.9 Å². The van der Waals surface area contributed by atoms with Gasteiger partial charge in [-0.3, -0.25) is 0 Å². The van der Waals surface area contributed by atoms with Crippen molar-refractivity contribution in [2.45, 2.75) is 12.8 Å². The third kappa shape index (κ3) is 3.32. The van der Waals surface area contributed by atoms with E-state index in [1.807, 2.05) is 0 Å². The predicted molar refractivity (Wildman–Crippen MR) is 73.6 cm³/mol. The molecule has 20 heavy (non-hydrogen) atoms. The Morgan fingerprint density at radius 3 is 2.60 bits per heavy atom. The maximum Gasteiger partial charge on any atom is 0.339 e. The number of methoxy groups -OCH3 is 2. The summed E-state index contributed by atoms with van der Waals surface area (Å²) in [4.78, 5) is 11.3. The van der Waals surface area contributed by atoms with Crippen LogP contribution in [0.2, 0.25) is 0 Å². The molecule has 0 aliphatic heterocycles. The summed E-state index contributed by atoms with van der Waals surface area (Å²) in [5.41, 5.74) is 0.549. The molecule has 1 aromatic heterocycles. The van der Waals surface area contributed by atoms with Crippen molar-refractivity contribution < 1.29 is 19.0 Å². The fraction of sp³-hybridized carbons (Fsp3) is 0.267. The van der Waals surface area contributed by atoms with E-state index in [0.717, 1.165) is 5.56 Å². The first-order chi connectivity index (χ1) is 9.62. The highest BCUT2D eigenvalue weighted by molar-refractivity contribution is 5.41. The zero-order valence-electron chi connectivity index (χ0n) is 11.4. The first-order valence-corrected chi connectivity index (χ1v) is 6.16. The number of phenols is 1. The Bertz CT molecular complexity index is 645. The predicted octanol–water partition coefficient (Wildman–Crippen LogP) is 2.15. The minimum absolute atomic E-state index is 0.101. The summed E-state index contributed by atoms with van der Waals surface area (Å²) >= 11 is 0. The van der Waals surface area contributed by atoms with Gasteiger partial charge in [-0.25, -0.2) is 4.79 Å². The molecule has 0 unspecified atom stereocenters. The lowest BCUT2D eigenvalue weighted by Crippen LogP contribution is -2.02. The third-order valence-electron chi connectivity index (χ3n) is 2.93. The van der Waals surface area contributed by atoms with Crippen LogP contribution in [0.5, 0.6) is 17.2 Å². The summed E-state index contributed by atoms with van der Waals surface area (Å²) in [6.07, 6.45) is 1.22. The Kier molecular flexibility index (Phi) is 4.30. The lowest BCUT2D eigenvalue weighted by molar-refractivity contribution is 0.372. The standard InChI is InChI=1S/C15H16O5/c1-18-12-8-11(20-15(17)9-12)5-3-10-4-6-13(16)14(7-10)19-2/h4,6-9,16H,3,5H2,1-2H3. The minimum atomic E-state index is -0.428. The van der Waals surface area contributed by atoms with Crippen LogP contribution < -0.4 is 15.1 Å². The van der Waals surface area contributed by atoms with Gasteiger partial charge in [-0.05, 0) is 24.1 Å². The van der Waals surface area contributed by atoms with Crippen molar-refractivity contribution in [3.63, 3.8) is 0 Å². The number of aromatic hydroxyl groups is 1. The largest absolute Gasteiger partial charge is 0.504 e. The molecule has 2 aromatic rings. The van der Waals surface area contributed by atoms with Crippen molar-refractivity contribution in [1.82, 2.24) is 0 Å². The highest BCUT2D eigenvalue weighted by Gasteiger charge is 2.06. The van der Waals surface area contributed by atoms with Crippen LogP contribution in [-0.4, -0.2) is 19.3 Å². The van der Waals surface area contributed by atoms with E-state index in [0.29, 0.717) is 30.1 Å². The van der Waals surface area contributed by atoms with Crippen molar-refractivity contribution in [3.05, 3.63) is 52.1 Å². The molecular weight excluding hydrogens is 260 g/mol. The highest BCUT2D eigenvalue weighted by atomic mass is 16.5. The van der Waals surface area contributed by atoms with E-state index in [-0.39, 0.29) is 5.75 Å². The zero-order valence-corrected chi connectivity index (χ0v) is 11.4. The molecule has 106 valence electrons. The van der Waals surface area contributed by atoms with Crippen molar-refractivity contribution in [2.75, 3.05) is 14.2 Å². The summed E-state index contributed by atoms with van der Waals surface area (Å²) in [6.45, 7) is 0. The van der Waals surface area contributed by atoms with Crippen molar-refractivity contribution >= 4 is 0 Å². The van der Waals surface area contributed by atoms with E-state index in [9.17, 15) is 9.90 Å². The van der Waals surface area contributed by atoms with Crippen molar-refractivity contribution in [1.29, 1.82) is 0 Å². The van der Waals surface area contributed by atoms with Gasteiger partial charge in [0.15, 0.2) is 11.5 Å². The summed E-state index contributed by atoms with van der Waals surface area (Å²) in [6, 6.07) is 8.13. The van der Waals surface area contributed by atoms with E-state index in [2.05, 4.69) is 0 Å². The number of hydrogen-bond acceptors (Lipinski definition) is 5. The Morgan fingerprint density at radius 1 is 1.10 bits per heavy atom. The molecular formula is C15H16O5. The van der Waals surface area contributed by atoms with Gasteiger partial charge in [-0.1, -0.05) is 6.07 Å². The molecule has 0 aliphatic rings. The molecule has 0 spiro atoms. The van der Waals surface area contributed by atoms with Crippen LogP contribution in [0.1, 0.15) is 11.3 Å². The molecule has 0 aliphatic carbocycles. The van der Waals surface area contributed by atoms with Gasteiger partial charge in [0.05, 0.1) is 20.3 Å². The Hall–Kier alpha value is -2.43. The highest BCUT2D eigenvalue weighted by Crippen LogP contribution is 2.26. The van der Waals surface area contributed by atoms with E-state index in [4.69, 9.17) is 13.9 Å². The smallest absolute Gasteiger partial charge is 0.339 e. The Morgan fingerprint density at radius 2 is 1.90 bits per heavy atom. The summed E-state index contributed by atoms with van der Waals surface area (Å²) in [5.74, 6) is 1.57. The van der Waals surface area contributed by atoms with Crippen LogP contribution >= 0.6 is 0 Å². The second-order valence-corrected chi connectivity index (χ2v) is 4.29. The van der Waals surface area contributed by atoms with Gasteiger partial charge in [-0.15, -0.1) is 0 Å². The lowest BCUT2D eigenvalue weighted by atomic mass is 10.1. The van der Waals surface area contributed by atoms with E-state index in [1.165, 1.54) is 20.3 Å². The van der Waals surface area contributed by atoms with Crippen LogP contribution in [0.15, 0.2) is 39.5 Å². The van der Waals surface area contributed by atoms with Crippen LogP contribution in [0.25, 0.3) is 0 Å². The third-order valence-corrected chi connectivity index (χ3v) is 2.93. The second-order valence-electron chi connectivity index (χ2n) is 4.29. The number of phenolic OH excluding ortho intramolecular Hbond substituents is 1. The number of rotatable bonds is 5. The zero-order chi connectivity index (χ0) is 14.5. The lowest BCUT2D eigenvalue weighted by Gasteiger charge is -2.07. The van der Waals surface area contributed by atoms with E-state index in [1.54, 1.807) is 24.3 Å². The average molecular weight is 276 g/mol. The van der Waals surface area contributed by atoms with Crippen LogP contribution in [0, 0.1) is 0 Å². The number of aryl methyl sites for hydroxylation is 2. The maximum absolute atomic E-state index is 11.3. The molecule has 0 saturated heterocycles. The van der Waals surface area contributed by atoms with E-state index < -0.39 is 5.63 Å². The summed E-state index contributed by atoms with van der Waals surface area (Å²) in [5, 5.41) is 9.52. The Labute approximate surface area is 116 Å². The first-order valence-electron chi connectivity index (χ1n) is 6.16. The second kappa shape index (κ2) is 6.14. The van der Waals surface area contributed by atoms with Crippen LogP contribution in [0.4, 0.5) is 0 Å². The molecule has 0 atom stereocenters. The normalized spacial score (nSPS) is 10.3. The van der Waals surface area contributed by atoms with Crippen molar-refractivity contribution in [2.24, 2.45) is 0 Å². The summed E-state index contributed by atoms with van der Waals surface area (Å²) < 4.78 is 15.2. The molecule has 0 amide bonds. The van der Waals surface area contributed by atoms with Crippen LogP contribution in [0.3, 0.4) is 0 Å². The molecule has 2 rings (SSSR count). The molecule has 1 aromatic carbocycles. The van der Waals surface area contributed by atoms with Gasteiger partial charge in [-0.2, -0.15) is 0 Å². The number of hydrogen-bond donors (Lipinski definition) is 1. The number of benzene rings is 1. The molecule has 1 N–H and O–H groups in total. The van der Waals surface area contributed by atoms with Gasteiger partial charge >= 0.3 is 5.63 Å². The van der Waals surface area contributed by atoms with Crippen LogP contribution in [-0.2, 0) is 12.8 Å². The molecule has 5 nitrogen and oxygen atoms in total. The van der Waals surface area contributed by atoms with Gasteiger partial charge < -0.3 is 19.0 Å². The van der Waals surface area contributed by atoms with Gasteiger partial charge in [0.25, 0.3) is 0 Å². The van der Waals surface area contributed by atoms with Gasteiger partial charge in [0.2, 0.25) is 0 Å². The van der Waals surface area contributed by atoms with Gasteiger partial charge in [0, 0.05) is 12.5 Å². The molecule has 0 saturated carbocycles. The molecule has 0 radical (unpaired) electrons. The molecule has 0 bridgehead atoms. The molecule has 5 heteroatoms. The molecule has 0 fully saturated rings. The van der Waals surface area contributed by atoms with E-state index >= 15 is 0 Å². The summed E-state index contributed by atoms with van der Waals surface area (Å²) in [7, 11) is 3.00. The monoisotopic (exact) mass is 276 g/mol. The number of ether oxygens (including phenoxy) is 2. The first kappa shape index (κ1) is 14.0. The van der Waals surface area contributed by atoms with Gasteiger partial charge in [0.1, 0.15) is 11.5 Å². The van der Waals surface area contributed by atoms with Crippen molar-refractivity contribution in [3.8, 4) is 17.2 Å². The quantitative estimate of drug-likeness (QED) is 0.906.